The number of nitrogens with one attached hydrogen (secondary N) is 1. The lowest BCUT2D eigenvalue weighted by Crippen LogP contribution is -2.35. The van der Waals surface area contributed by atoms with E-state index in [2.05, 4.69) is 5.32 Å². The topological polar surface area (TPSA) is 75.6 Å². The zero-order valence-corrected chi connectivity index (χ0v) is 12.1. The van der Waals surface area contributed by atoms with Gasteiger partial charge in [0.2, 0.25) is 0 Å². The van der Waals surface area contributed by atoms with Crippen molar-refractivity contribution in [3.8, 4) is 0 Å². The Balaban J connectivity index is 2.73. The molecule has 0 saturated carbocycles. The molecule has 5 nitrogen and oxygen atoms in total. The second-order valence-corrected chi connectivity index (χ2v) is 5.54. The quantitative estimate of drug-likeness (QED) is 0.868. The minimum absolute atomic E-state index is 0.0185. The molecule has 0 saturated heterocycles. The average Bonchev–Trinajstić information content (AvgIpc) is 2.33. The van der Waals surface area contributed by atoms with E-state index in [0.29, 0.717) is 6.42 Å². The third-order valence-electron chi connectivity index (χ3n) is 2.54. The van der Waals surface area contributed by atoms with Crippen LogP contribution in [0.3, 0.4) is 0 Å². The fourth-order valence-electron chi connectivity index (χ4n) is 1.73. The number of alkyl carbamates (subject to hydrolysis) is 1. The monoisotopic (exact) mass is 279 g/mol. The highest BCUT2D eigenvalue weighted by molar-refractivity contribution is 5.69. The lowest BCUT2D eigenvalue weighted by atomic mass is 10.0. The predicted molar refractivity (Wildman–Crippen MR) is 75.4 cm³/mol. The molecule has 1 aromatic carbocycles. The number of rotatable bonds is 5. The first-order valence-electron chi connectivity index (χ1n) is 6.54. The van der Waals surface area contributed by atoms with Gasteiger partial charge in [-0.15, -0.1) is 0 Å². The lowest BCUT2D eigenvalue weighted by Gasteiger charge is -2.23. The van der Waals surface area contributed by atoms with Crippen molar-refractivity contribution in [2.24, 2.45) is 0 Å². The van der Waals surface area contributed by atoms with Gasteiger partial charge in [-0.05, 0) is 32.8 Å². The van der Waals surface area contributed by atoms with E-state index in [1.807, 2.05) is 30.3 Å². The van der Waals surface area contributed by atoms with E-state index < -0.39 is 17.7 Å². The van der Waals surface area contributed by atoms with Crippen molar-refractivity contribution >= 4 is 12.1 Å². The van der Waals surface area contributed by atoms with Crippen LogP contribution in [-0.2, 0) is 9.53 Å². The van der Waals surface area contributed by atoms with Crippen LogP contribution in [0, 0.1) is 0 Å². The van der Waals surface area contributed by atoms with Crippen molar-refractivity contribution in [1.29, 1.82) is 0 Å². The Hall–Kier alpha value is -2.04. The Morgan fingerprint density at radius 2 is 1.85 bits per heavy atom. The Morgan fingerprint density at radius 1 is 1.25 bits per heavy atom. The van der Waals surface area contributed by atoms with Crippen LogP contribution in [0.5, 0.6) is 0 Å². The van der Waals surface area contributed by atoms with Gasteiger partial charge in [0, 0.05) is 6.42 Å². The first kappa shape index (κ1) is 16.0. The Labute approximate surface area is 118 Å². The molecule has 0 bridgehead atoms. The molecule has 110 valence electrons. The summed E-state index contributed by atoms with van der Waals surface area (Å²) < 4.78 is 5.20. The number of carbonyl (C=O) groups excluding carboxylic acids is 1. The molecule has 0 spiro atoms. The molecule has 1 atom stereocenters. The smallest absolute Gasteiger partial charge is 0.408 e. The number of hydrogen-bond acceptors (Lipinski definition) is 3. The Kier molecular flexibility index (Phi) is 5.55. The maximum absolute atomic E-state index is 11.8. The van der Waals surface area contributed by atoms with Gasteiger partial charge in [-0.3, -0.25) is 4.79 Å². The second kappa shape index (κ2) is 6.93. The van der Waals surface area contributed by atoms with Crippen LogP contribution in [0.2, 0.25) is 0 Å². The van der Waals surface area contributed by atoms with Gasteiger partial charge < -0.3 is 15.2 Å². The molecule has 0 aliphatic heterocycles. The molecule has 1 amide bonds. The standard InChI is InChI=1S/C15H21NO4/c1-15(2,3)20-14(19)16-12(9-10-13(17)18)11-7-5-4-6-8-11/h4-8,12H,9-10H2,1-3H3,(H,16,19)(H,17,18). The summed E-state index contributed by atoms with van der Waals surface area (Å²) in [6.45, 7) is 5.34. The van der Waals surface area contributed by atoms with Gasteiger partial charge in [0.15, 0.2) is 0 Å². The minimum atomic E-state index is -0.892. The van der Waals surface area contributed by atoms with Crippen LogP contribution >= 0.6 is 0 Å². The normalized spacial score (nSPS) is 12.6. The summed E-state index contributed by atoms with van der Waals surface area (Å²) in [4.78, 5) is 22.5. The maximum Gasteiger partial charge on any atom is 0.408 e. The fourth-order valence-corrected chi connectivity index (χ4v) is 1.73. The minimum Gasteiger partial charge on any atom is -0.481 e. The van der Waals surface area contributed by atoms with Crippen LogP contribution in [0.4, 0.5) is 4.79 Å². The summed E-state index contributed by atoms with van der Waals surface area (Å²) in [6.07, 6.45) is -0.245. The number of ether oxygens (including phenoxy) is 1. The molecule has 5 heteroatoms. The molecular weight excluding hydrogens is 258 g/mol. The van der Waals surface area contributed by atoms with Gasteiger partial charge in [-0.25, -0.2) is 4.79 Å². The summed E-state index contributed by atoms with van der Waals surface area (Å²) in [5, 5.41) is 11.5. The number of carboxylic acid groups (broad SMARTS) is 1. The van der Waals surface area contributed by atoms with E-state index >= 15 is 0 Å². The van der Waals surface area contributed by atoms with Gasteiger partial charge in [0.25, 0.3) is 0 Å². The Bertz CT molecular complexity index is 451. The van der Waals surface area contributed by atoms with Gasteiger partial charge in [0.05, 0.1) is 6.04 Å². The van der Waals surface area contributed by atoms with Gasteiger partial charge in [-0.1, -0.05) is 30.3 Å². The van der Waals surface area contributed by atoms with E-state index in [1.54, 1.807) is 20.8 Å². The van der Waals surface area contributed by atoms with Gasteiger partial charge in [0.1, 0.15) is 5.60 Å². The zero-order chi connectivity index (χ0) is 15.2. The second-order valence-electron chi connectivity index (χ2n) is 5.54. The summed E-state index contributed by atoms with van der Waals surface area (Å²) in [7, 11) is 0. The predicted octanol–water partition coefficient (Wildman–Crippen LogP) is 3.12. The summed E-state index contributed by atoms with van der Waals surface area (Å²) >= 11 is 0. The van der Waals surface area contributed by atoms with Crippen LogP contribution in [-0.4, -0.2) is 22.8 Å². The van der Waals surface area contributed by atoms with Crippen molar-refractivity contribution in [3.05, 3.63) is 35.9 Å². The molecule has 1 unspecified atom stereocenters. The largest absolute Gasteiger partial charge is 0.481 e. The number of benzene rings is 1. The molecule has 0 fully saturated rings. The van der Waals surface area contributed by atoms with Crippen molar-refractivity contribution in [3.63, 3.8) is 0 Å². The molecule has 0 radical (unpaired) electrons. The van der Waals surface area contributed by atoms with Crippen LogP contribution < -0.4 is 5.32 Å². The third kappa shape index (κ3) is 6.22. The van der Waals surface area contributed by atoms with E-state index in [-0.39, 0.29) is 12.5 Å². The van der Waals surface area contributed by atoms with Crippen LogP contribution in [0.15, 0.2) is 30.3 Å². The van der Waals surface area contributed by atoms with Crippen LogP contribution in [0.25, 0.3) is 0 Å². The van der Waals surface area contributed by atoms with E-state index in [4.69, 9.17) is 9.84 Å². The summed E-state index contributed by atoms with van der Waals surface area (Å²) in [5.74, 6) is -0.892. The van der Waals surface area contributed by atoms with Crippen molar-refractivity contribution in [2.45, 2.75) is 45.3 Å². The molecule has 2 N–H and O–H groups in total. The van der Waals surface area contributed by atoms with Crippen molar-refractivity contribution in [2.75, 3.05) is 0 Å². The molecule has 0 aliphatic rings. The third-order valence-corrected chi connectivity index (χ3v) is 2.54. The SMILES string of the molecule is CC(C)(C)OC(=O)NC(CCC(=O)O)c1ccccc1. The van der Waals surface area contributed by atoms with Gasteiger partial charge >= 0.3 is 12.1 Å². The molecule has 0 aliphatic carbocycles. The van der Waals surface area contributed by atoms with Crippen molar-refractivity contribution in [1.82, 2.24) is 5.32 Å². The number of hydrogen-bond donors (Lipinski definition) is 2. The number of amides is 1. The molecule has 20 heavy (non-hydrogen) atoms. The first-order valence-corrected chi connectivity index (χ1v) is 6.54. The lowest BCUT2D eigenvalue weighted by molar-refractivity contribution is -0.137. The summed E-state index contributed by atoms with van der Waals surface area (Å²) in [5.41, 5.74) is 0.276. The van der Waals surface area contributed by atoms with E-state index in [1.165, 1.54) is 0 Å². The number of carboxylic acids is 1. The molecule has 0 heterocycles. The fraction of sp³-hybridized carbons (Fsp3) is 0.467. The maximum atomic E-state index is 11.8. The molecule has 1 aromatic rings. The first-order chi connectivity index (χ1) is 9.28. The number of carbonyl (C=O) groups is 2. The Morgan fingerprint density at radius 3 is 2.35 bits per heavy atom. The highest BCUT2D eigenvalue weighted by Crippen LogP contribution is 2.19. The van der Waals surface area contributed by atoms with E-state index in [0.717, 1.165) is 5.56 Å². The highest BCUT2D eigenvalue weighted by atomic mass is 16.6. The van der Waals surface area contributed by atoms with Crippen molar-refractivity contribution < 1.29 is 19.4 Å². The zero-order valence-electron chi connectivity index (χ0n) is 12.1. The van der Waals surface area contributed by atoms with E-state index in [9.17, 15) is 9.59 Å². The molecular formula is C15H21NO4. The summed E-state index contributed by atoms with van der Waals surface area (Å²) in [6, 6.07) is 8.89. The average molecular weight is 279 g/mol. The molecule has 1 rings (SSSR count). The highest BCUT2D eigenvalue weighted by Gasteiger charge is 2.20. The van der Waals surface area contributed by atoms with Crippen LogP contribution in [0.1, 0.15) is 45.2 Å². The molecule has 0 aromatic heterocycles. The number of aliphatic carboxylic acids is 1. The van der Waals surface area contributed by atoms with Gasteiger partial charge in [-0.2, -0.15) is 0 Å².